The van der Waals surface area contributed by atoms with Gasteiger partial charge in [0.05, 0.1) is 6.54 Å². The average molecular weight is 305 g/mol. The SMILES string of the molecule is CCCCN(CC)CC(=O)NC(=O)Nc1ccc(C)cc1C. The van der Waals surface area contributed by atoms with Crippen LogP contribution in [0.15, 0.2) is 18.2 Å². The maximum absolute atomic E-state index is 11.9. The van der Waals surface area contributed by atoms with Gasteiger partial charge in [-0.05, 0) is 45.0 Å². The summed E-state index contributed by atoms with van der Waals surface area (Å²) in [6.45, 7) is 9.97. The third-order valence-electron chi connectivity index (χ3n) is 3.53. The molecule has 0 atom stereocenters. The Morgan fingerprint density at radius 1 is 1.18 bits per heavy atom. The highest BCUT2D eigenvalue weighted by Crippen LogP contribution is 2.15. The first-order valence-corrected chi connectivity index (χ1v) is 7.86. The number of unbranched alkanes of at least 4 members (excludes halogenated alkanes) is 1. The molecule has 0 aromatic heterocycles. The smallest absolute Gasteiger partial charge is 0.307 e. The highest BCUT2D eigenvalue weighted by atomic mass is 16.2. The number of likely N-dealkylation sites (N-methyl/N-ethyl adjacent to an activating group) is 1. The molecule has 0 fully saturated rings. The highest BCUT2D eigenvalue weighted by molar-refractivity contribution is 6.02. The molecule has 122 valence electrons. The van der Waals surface area contributed by atoms with Crippen molar-refractivity contribution >= 4 is 17.6 Å². The maximum Gasteiger partial charge on any atom is 0.325 e. The molecule has 0 bridgehead atoms. The Hall–Kier alpha value is -1.88. The number of nitrogens with one attached hydrogen (secondary N) is 2. The predicted octanol–water partition coefficient (Wildman–Crippen LogP) is 3.07. The number of benzene rings is 1. The molecule has 1 aromatic carbocycles. The number of urea groups is 1. The van der Waals surface area contributed by atoms with Gasteiger partial charge in [-0.2, -0.15) is 0 Å². The van der Waals surface area contributed by atoms with Crippen LogP contribution in [0.5, 0.6) is 0 Å². The first-order chi connectivity index (χ1) is 10.5. The summed E-state index contributed by atoms with van der Waals surface area (Å²) in [5.74, 6) is -0.278. The molecule has 3 amide bonds. The molecule has 0 aliphatic carbocycles. The Kier molecular flexibility index (Phi) is 7.60. The lowest BCUT2D eigenvalue weighted by atomic mass is 10.1. The summed E-state index contributed by atoms with van der Waals surface area (Å²) < 4.78 is 0. The van der Waals surface area contributed by atoms with Crippen molar-refractivity contribution in [2.45, 2.75) is 40.5 Å². The predicted molar refractivity (Wildman–Crippen MR) is 90.1 cm³/mol. The molecule has 2 N–H and O–H groups in total. The first kappa shape index (κ1) is 18.2. The molecule has 0 heterocycles. The summed E-state index contributed by atoms with van der Waals surface area (Å²) >= 11 is 0. The Bertz CT molecular complexity index is 515. The van der Waals surface area contributed by atoms with Crippen molar-refractivity contribution in [2.24, 2.45) is 0 Å². The van der Waals surface area contributed by atoms with Crippen LogP contribution in [-0.2, 0) is 4.79 Å². The van der Waals surface area contributed by atoms with Crippen molar-refractivity contribution < 1.29 is 9.59 Å². The molecular weight excluding hydrogens is 278 g/mol. The minimum Gasteiger partial charge on any atom is -0.307 e. The minimum atomic E-state index is -0.483. The summed E-state index contributed by atoms with van der Waals surface area (Å²) in [6.07, 6.45) is 2.14. The van der Waals surface area contributed by atoms with Crippen molar-refractivity contribution in [3.05, 3.63) is 29.3 Å². The van der Waals surface area contributed by atoms with Crippen molar-refractivity contribution in [3.63, 3.8) is 0 Å². The number of carbonyl (C=O) groups excluding carboxylic acids is 2. The molecule has 5 heteroatoms. The Morgan fingerprint density at radius 2 is 1.91 bits per heavy atom. The summed E-state index contributed by atoms with van der Waals surface area (Å²) in [5.41, 5.74) is 2.82. The summed E-state index contributed by atoms with van der Waals surface area (Å²) in [5, 5.41) is 5.09. The van der Waals surface area contributed by atoms with E-state index in [9.17, 15) is 9.59 Å². The molecule has 0 aliphatic rings. The fourth-order valence-electron chi connectivity index (χ4n) is 2.21. The van der Waals surface area contributed by atoms with Crippen molar-refractivity contribution in [3.8, 4) is 0 Å². The fraction of sp³-hybridized carbons (Fsp3) is 0.529. The van der Waals surface area contributed by atoms with Gasteiger partial charge >= 0.3 is 6.03 Å². The van der Waals surface area contributed by atoms with Gasteiger partial charge in [0.15, 0.2) is 0 Å². The molecule has 22 heavy (non-hydrogen) atoms. The molecule has 0 spiro atoms. The van der Waals surface area contributed by atoms with Crippen LogP contribution in [0, 0.1) is 13.8 Å². The van der Waals surface area contributed by atoms with E-state index in [0.29, 0.717) is 5.69 Å². The van der Waals surface area contributed by atoms with Crippen molar-refractivity contribution in [1.82, 2.24) is 10.2 Å². The van der Waals surface area contributed by atoms with Gasteiger partial charge in [0.25, 0.3) is 0 Å². The van der Waals surface area contributed by atoms with E-state index < -0.39 is 6.03 Å². The van der Waals surface area contributed by atoms with Crippen molar-refractivity contribution in [2.75, 3.05) is 25.0 Å². The van der Waals surface area contributed by atoms with Gasteiger partial charge in [0.2, 0.25) is 5.91 Å². The van der Waals surface area contributed by atoms with Crippen LogP contribution in [0.2, 0.25) is 0 Å². The zero-order chi connectivity index (χ0) is 16.5. The van der Waals surface area contributed by atoms with E-state index in [1.54, 1.807) is 0 Å². The van der Waals surface area contributed by atoms with Crippen LogP contribution >= 0.6 is 0 Å². The van der Waals surface area contributed by atoms with Crippen LogP contribution in [0.4, 0.5) is 10.5 Å². The number of rotatable bonds is 7. The van der Waals surface area contributed by atoms with Gasteiger partial charge in [0.1, 0.15) is 0 Å². The first-order valence-electron chi connectivity index (χ1n) is 7.86. The quantitative estimate of drug-likeness (QED) is 0.814. The molecule has 1 aromatic rings. The molecule has 1 rings (SSSR count). The highest BCUT2D eigenvalue weighted by Gasteiger charge is 2.12. The second-order valence-electron chi connectivity index (χ2n) is 5.54. The number of anilines is 1. The zero-order valence-corrected chi connectivity index (χ0v) is 14.0. The number of carbonyl (C=O) groups is 2. The number of imide groups is 1. The Morgan fingerprint density at radius 3 is 2.50 bits per heavy atom. The van der Waals surface area contributed by atoms with E-state index in [-0.39, 0.29) is 12.5 Å². The van der Waals surface area contributed by atoms with Crippen LogP contribution in [0.3, 0.4) is 0 Å². The third-order valence-corrected chi connectivity index (χ3v) is 3.53. The van der Waals surface area contributed by atoms with E-state index >= 15 is 0 Å². The molecule has 0 radical (unpaired) electrons. The van der Waals surface area contributed by atoms with E-state index in [0.717, 1.165) is 37.1 Å². The lowest BCUT2D eigenvalue weighted by Gasteiger charge is -2.19. The third kappa shape index (κ3) is 6.26. The van der Waals surface area contributed by atoms with E-state index in [2.05, 4.69) is 17.6 Å². The summed E-state index contributed by atoms with van der Waals surface area (Å²) in [4.78, 5) is 25.8. The number of hydrogen-bond acceptors (Lipinski definition) is 3. The molecule has 5 nitrogen and oxygen atoms in total. The number of nitrogens with zero attached hydrogens (tertiary/aromatic N) is 1. The van der Waals surface area contributed by atoms with E-state index in [1.165, 1.54) is 0 Å². The number of aryl methyl sites for hydroxylation is 2. The van der Waals surface area contributed by atoms with Crippen LogP contribution < -0.4 is 10.6 Å². The van der Waals surface area contributed by atoms with Crippen LogP contribution in [-0.4, -0.2) is 36.5 Å². The van der Waals surface area contributed by atoms with Gasteiger partial charge in [0, 0.05) is 5.69 Å². The molecule has 0 saturated heterocycles. The summed E-state index contributed by atoms with van der Waals surface area (Å²) in [7, 11) is 0. The monoisotopic (exact) mass is 305 g/mol. The van der Waals surface area contributed by atoms with Gasteiger partial charge in [-0.25, -0.2) is 4.79 Å². The second-order valence-corrected chi connectivity index (χ2v) is 5.54. The van der Waals surface area contributed by atoms with Crippen molar-refractivity contribution in [1.29, 1.82) is 0 Å². The lowest BCUT2D eigenvalue weighted by Crippen LogP contribution is -2.42. The largest absolute Gasteiger partial charge is 0.325 e. The second kappa shape index (κ2) is 9.20. The van der Waals surface area contributed by atoms with Gasteiger partial charge in [-0.15, -0.1) is 0 Å². The molecule has 0 unspecified atom stereocenters. The van der Waals surface area contributed by atoms with Crippen LogP contribution in [0.1, 0.15) is 37.8 Å². The van der Waals surface area contributed by atoms with Crippen LogP contribution in [0.25, 0.3) is 0 Å². The minimum absolute atomic E-state index is 0.247. The normalized spacial score (nSPS) is 10.6. The Labute approximate surface area is 133 Å². The maximum atomic E-state index is 11.9. The van der Waals surface area contributed by atoms with Gasteiger partial charge in [-0.3, -0.25) is 15.0 Å². The van der Waals surface area contributed by atoms with Gasteiger partial charge < -0.3 is 5.32 Å². The number of hydrogen-bond donors (Lipinski definition) is 2. The molecule has 0 aliphatic heterocycles. The van der Waals surface area contributed by atoms with E-state index in [4.69, 9.17) is 0 Å². The topological polar surface area (TPSA) is 61.4 Å². The number of amides is 3. The van der Waals surface area contributed by atoms with E-state index in [1.807, 2.05) is 43.9 Å². The zero-order valence-electron chi connectivity index (χ0n) is 14.0. The lowest BCUT2D eigenvalue weighted by molar-refractivity contribution is -0.121. The molecular formula is C17H27N3O2. The summed E-state index contributed by atoms with van der Waals surface area (Å²) in [6, 6.07) is 5.27. The average Bonchev–Trinajstić information content (AvgIpc) is 2.46. The Balaban J connectivity index is 2.48. The van der Waals surface area contributed by atoms with Gasteiger partial charge in [-0.1, -0.05) is 38.0 Å². The molecule has 0 saturated carbocycles. The standard InChI is InChI=1S/C17H27N3O2/c1-5-7-10-20(6-2)12-16(21)19-17(22)18-15-9-8-13(3)11-14(15)4/h8-9,11H,5-7,10,12H2,1-4H3,(H2,18,19,21,22). The fourth-order valence-corrected chi connectivity index (χ4v) is 2.21.